The fourth-order valence-corrected chi connectivity index (χ4v) is 5.48. The molecule has 10 heteroatoms. The normalized spacial score (nSPS) is 12.7. The molecule has 3 rings (SSSR count). The fourth-order valence-electron chi connectivity index (χ4n) is 2.93. The number of sulfonamides is 1. The molecule has 0 unspecified atom stereocenters. The Balaban J connectivity index is 2.02. The van der Waals surface area contributed by atoms with Gasteiger partial charge in [0.15, 0.2) is 4.80 Å². The number of nitrogens with zero attached hydrogens (tertiary/aromatic N) is 2. The Morgan fingerprint density at radius 1 is 1.23 bits per heavy atom. The SMILES string of the molecule is CCOCCn1c(=NC(=O)c2ccc(SC(C)C)cc2)sc2cc(S(N)(=O)=O)ccc21. The summed E-state index contributed by atoms with van der Waals surface area (Å²) in [6.07, 6.45) is 0. The molecule has 0 saturated heterocycles. The third-order valence-electron chi connectivity index (χ3n) is 4.32. The Morgan fingerprint density at radius 3 is 2.55 bits per heavy atom. The Bertz CT molecular complexity index is 1240. The monoisotopic (exact) mass is 479 g/mol. The summed E-state index contributed by atoms with van der Waals surface area (Å²) < 4.78 is 31.4. The van der Waals surface area contributed by atoms with E-state index >= 15 is 0 Å². The second-order valence-corrected chi connectivity index (χ2v) is 11.2. The van der Waals surface area contributed by atoms with Crippen molar-refractivity contribution in [3.05, 3.63) is 52.8 Å². The standard InChI is InChI=1S/C21H25N3O4S3/c1-4-28-12-11-24-18-10-9-17(31(22,26)27)13-19(18)30-21(24)23-20(25)15-5-7-16(8-6-15)29-14(2)3/h5-10,13-14H,4,11-12H2,1-3H3,(H2,22,26,27). The van der Waals surface area contributed by atoms with Crippen LogP contribution in [-0.2, 0) is 21.3 Å². The summed E-state index contributed by atoms with van der Waals surface area (Å²) in [6.45, 7) is 7.64. The smallest absolute Gasteiger partial charge is 0.279 e. The van der Waals surface area contributed by atoms with Gasteiger partial charge in [0.05, 0.1) is 21.7 Å². The molecule has 1 aromatic heterocycles. The van der Waals surface area contributed by atoms with E-state index in [1.807, 2.05) is 23.6 Å². The number of hydrogen-bond donors (Lipinski definition) is 1. The lowest BCUT2D eigenvalue weighted by atomic mass is 10.2. The van der Waals surface area contributed by atoms with E-state index in [2.05, 4.69) is 18.8 Å². The molecule has 1 heterocycles. The summed E-state index contributed by atoms with van der Waals surface area (Å²) >= 11 is 2.97. The van der Waals surface area contributed by atoms with E-state index in [9.17, 15) is 13.2 Å². The zero-order valence-electron chi connectivity index (χ0n) is 17.6. The number of carbonyl (C=O) groups is 1. The van der Waals surface area contributed by atoms with E-state index in [1.165, 1.54) is 23.5 Å². The Labute approximate surface area is 190 Å². The number of amides is 1. The molecular formula is C21H25N3O4S3. The number of aromatic nitrogens is 1. The van der Waals surface area contributed by atoms with Crippen molar-refractivity contribution in [2.75, 3.05) is 13.2 Å². The maximum absolute atomic E-state index is 12.8. The van der Waals surface area contributed by atoms with Crippen molar-refractivity contribution in [3.8, 4) is 0 Å². The predicted molar refractivity (Wildman–Crippen MR) is 125 cm³/mol. The summed E-state index contributed by atoms with van der Waals surface area (Å²) in [5, 5.41) is 5.72. The van der Waals surface area contributed by atoms with Crippen molar-refractivity contribution in [2.24, 2.45) is 10.1 Å². The van der Waals surface area contributed by atoms with Crippen LogP contribution in [-0.4, -0.2) is 37.4 Å². The van der Waals surface area contributed by atoms with E-state index in [0.717, 1.165) is 10.4 Å². The van der Waals surface area contributed by atoms with E-state index < -0.39 is 10.0 Å². The van der Waals surface area contributed by atoms with Gasteiger partial charge in [-0.3, -0.25) is 4.79 Å². The minimum absolute atomic E-state index is 0.0225. The average molecular weight is 480 g/mol. The van der Waals surface area contributed by atoms with E-state index in [4.69, 9.17) is 9.88 Å². The first kappa shape index (κ1) is 23.7. The zero-order valence-corrected chi connectivity index (χ0v) is 20.0. The van der Waals surface area contributed by atoms with Gasteiger partial charge in [-0.1, -0.05) is 25.2 Å². The number of ether oxygens (including phenoxy) is 1. The molecule has 0 saturated carbocycles. The summed E-state index contributed by atoms with van der Waals surface area (Å²) in [5.74, 6) is -0.357. The Morgan fingerprint density at radius 2 is 1.94 bits per heavy atom. The molecular weight excluding hydrogens is 454 g/mol. The molecule has 0 bridgehead atoms. The highest BCUT2D eigenvalue weighted by atomic mass is 32.2. The second-order valence-electron chi connectivity index (χ2n) is 7.02. The molecule has 2 N–H and O–H groups in total. The van der Waals surface area contributed by atoms with Crippen molar-refractivity contribution in [1.82, 2.24) is 4.57 Å². The molecule has 7 nitrogen and oxygen atoms in total. The van der Waals surface area contributed by atoms with E-state index in [-0.39, 0.29) is 10.8 Å². The van der Waals surface area contributed by atoms with Gasteiger partial charge in [0.1, 0.15) is 0 Å². The number of benzene rings is 2. The first-order chi connectivity index (χ1) is 14.7. The molecule has 0 spiro atoms. The van der Waals surface area contributed by atoms with Gasteiger partial charge in [-0.25, -0.2) is 13.6 Å². The molecule has 0 fully saturated rings. The molecule has 3 aromatic rings. The van der Waals surface area contributed by atoms with Crippen LogP contribution in [0.3, 0.4) is 0 Å². The number of rotatable bonds is 8. The van der Waals surface area contributed by atoms with Gasteiger partial charge in [-0.2, -0.15) is 4.99 Å². The third-order valence-corrected chi connectivity index (χ3v) is 7.28. The minimum atomic E-state index is -3.82. The lowest BCUT2D eigenvalue weighted by molar-refractivity contribution is 0.0996. The number of thiazole rings is 1. The number of hydrogen-bond acceptors (Lipinski definition) is 6. The Hall–Kier alpha value is -1.98. The summed E-state index contributed by atoms with van der Waals surface area (Å²) in [4.78, 5) is 18.7. The number of thioether (sulfide) groups is 1. The van der Waals surface area contributed by atoms with Crippen LogP contribution >= 0.6 is 23.1 Å². The van der Waals surface area contributed by atoms with Gasteiger partial charge in [0, 0.05) is 28.9 Å². The van der Waals surface area contributed by atoms with E-state index in [0.29, 0.717) is 40.1 Å². The number of nitrogens with two attached hydrogens (primary N) is 1. The van der Waals surface area contributed by atoms with Gasteiger partial charge >= 0.3 is 0 Å². The molecule has 0 aliphatic heterocycles. The highest BCUT2D eigenvalue weighted by Gasteiger charge is 2.14. The topological polar surface area (TPSA) is 104 Å². The van der Waals surface area contributed by atoms with Gasteiger partial charge in [0.2, 0.25) is 10.0 Å². The lowest BCUT2D eigenvalue weighted by Gasteiger charge is -2.06. The maximum Gasteiger partial charge on any atom is 0.279 e. The lowest BCUT2D eigenvalue weighted by Crippen LogP contribution is -2.19. The summed E-state index contributed by atoms with van der Waals surface area (Å²) in [5.41, 5.74) is 1.26. The molecule has 0 aliphatic carbocycles. The first-order valence-corrected chi connectivity index (χ1v) is 13.0. The molecule has 2 aromatic carbocycles. The molecule has 0 atom stereocenters. The van der Waals surface area contributed by atoms with Crippen molar-refractivity contribution in [3.63, 3.8) is 0 Å². The first-order valence-electron chi connectivity index (χ1n) is 9.78. The quantitative estimate of drug-likeness (QED) is 0.392. The summed E-state index contributed by atoms with van der Waals surface area (Å²) in [6, 6.07) is 12.0. The molecule has 1 amide bonds. The highest BCUT2D eigenvalue weighted by Crippen LogP contribution is 2.24. The average Bonchev–Trinajstić information content (AvgIpc) is 3.04. The molecule has 31 heavy (non-hydrogen) atoms. The van der Waals surface area contributed by atoms with Crippen molar-refractivity contribution in [2.45, 2.75) is 42.4 Å². The van der Waals surface area contributed by atoms with Crippen molar-refractivity contribution in [1.29, 1.82) is 0 Å². The van der Waals surface area contributed by atoms with Crippen LogP contribution in [0.15, 0.2) is 57.2 Å². The maximum atomic E-state index is 12.8. The van der Waals surface area contributed by atoms with Crippen molar-refractivity contribution >= 4 is 49.2 Å². The van der Waals surface area contributed by atoms with Crippen LogP contribution in [0.4, 0.5) is 0 Å². The zero-order chi connectivity index (χ0) is 22.6. The third kappa shape index (κ3) is 6.05. The predicted octanol–water partition coefficient (Wildman–Crippen LogP) is 3.63. The van der Waals surface area contributed by atoms with Gasteiger partial charge < -0.3 is 9.30 Å². The van der Waals surface area contributed by atoms with E-state index in [1.54, 1.807) is 30.0 Å². The Kier molecular flexibility index (Phi) is 7.71. The van der Waals surface area contributed by atoms with Gasteiger partial charge in [0.25, 0.3) is 5.91 Å². The highest BCUT2D eigenvalue weighted by molar-refractivity contribution is 7.99. The van der Waals surface area contributed by atoms with Gasteiger partial charge in [-0.05, 0) is 49.4 Å². The second kappa shape index (κ2) is 10.1. The summed E-state index contributed by atoms with van der Waals surface area (Å²) in [7, 11) is -3.82. The molecule has 0 radical (unpaired) electrons. The van der Waals surface area contributed by atoms with Crippen LogP contribution in [0.5, 0.6) is 0 Å². The van der Waals surface area contributed by atoms with Crippen LogP contribution < -0.4 is 9.94 Å². The number of carbonyl (C=O) groups excluding carboxylic acids is 1. The van der Waals surface area contributed by atoms with Crippen LogP contribution in [0.25, 0.3) is 10.2 Å². The fraction of sp³-hybridized carbons (Fsp3) is 0.333. The minimum Gasteiger partial charge on any atom is -0.380 e. The van der Waals surface area contributed by atoms with Crippen LogP contribution in [0, 0.1) is 0 Å². The molecule has 0 aliphatic rings. The van der Waals surface area contributed by atoms with Crippen LogP contribution in [0.2, 0.25) is 0 Å². The molecule has 166 valence electrons. The number of primary sulfonamides is 1. The largest absolute Gasteiger partial charge is 0.380 e. The van der Waals surface area contributed by atoms with Crippen molar-refractivity contribution < 1.29 is 17.9 Å². The number of fused-ring (bicyclic) bond motifs is 1. The van der Waals surface area contributed by atoms with Crippen LogP contribution in [0.1, 0.15) is 31.1 Å². The van der Waals surface area contributed by atoms with Gasteiger partial charge in [-0.15, -0.1) is 11.8 Å².